The van der Waals surface area contributed by atoms with Crippen molar-refractivity contribution < 1.29 is 4.74 Å². The first-order valence-electron chi connectivity index (χ1n) is 17.4. The Morgan fingerprint density at radius 3 is 1.79 bits per heavy atom. The van der Waals surface area contributed by atoms with Gasteiger partial charge in [0.05, 0.1) is 17.0 Å². The molecule has 1 atom stereocenters. The number of hydrogen-bond donors (Lipinski definition) is 1. The molecular weight excluding hydrogens is 637 g/mol. The van der Waals surface area contributed by atoms with E-state index in [2.05, 4.69) is 127 Å². The molecule has 2 heterocycles. The Hall–Kier alpha value is -7.03. The first kappa shape index (κ1) is 29.8. The Bertz CT molecular complexity index is 2590. The summed E-state index contributed by atoms with van der Waals surface area (Å²) in [4.78, 5) is 10.3. The minimum atomic E-state index is -0.520. The van der Waals surface area contributed by atoms with Crippen LogP contribution in [-0.4, -0.2) is 11.7 Å². The van der Waals surface area contributed by atoms with Crippen molar-refractivity contribution in [1.29, 1.82) is 5.26 Å². The second-order valence-electron chi connectivity index (χ2n) is 13.3. The van der Waals surface area contributed by atoms with Gasteiger partial charge in [0.2, 0.25) is 0 Å². The summed E-state index contributed by atoms with van der Waals surface area (Å²) in [6, 6.07) is 60.8. The third kappa shape index (κ3) is 4.55. The normalized spacial score (nSPS) is 15.8. The molecule has 5 nitrogen and oxygen atoms in total. The lowest BCUT2D eigenvalue weighted by atomic mass is 9.66. The predicted octanol–water partition coefficient (Wildman–Crippen LogP) is 10.2. The first-order valence-corrected chi connectivity index (χ1v) is 17.4. The Morgan fingerprint density at radius 2 is 1.10 bits per heavy atom. The highest BCUT2D eigenvalue weighted by Gasteiger charge is 2.51. The van der Waals surface area contributed by atoms with Gasteiger partial charge in [-0.2, -0.15) is 5.26 Å². The van der Waals surface area contributed by atoms with Crippen LogP contribution in [0.1, 0.15) is 50.7 Å². The standard InChI is InChI=1S/C47H30N4O/c48-29-30-18-20-31(21-19-30)32-22-24-34(25-23-32)45-49-44(33-10-2-1-3-11-33)50-46(51-45)35-26-27-39-37(28-35)36-12-4-5-13-38(36)47(39)40-14-6-8-16-42(40)52-43-17-9-7-15-41(43)47/h1-28,44H,(H,49,50,51). The van der Waals surface area contributed by atoms with Crippen LogP contribution in [-0.2, 0) is 5.41 Å². The van der Waals surface area contributed by atoms with Crippen LogP contribution in [0.25, 0.3) is 22.3 Å². The zero-order valence-corrected chi connectivity index (χ0v) is 28.0. The monoisotopic (exact) mass is 666 g/mol. The summed E-state index contributed by atoms with van der Waals surface area (Å²) in [6.07, 6.45) is -0.317. The summed E-state index contributed by atoms with van der Waals surface area (Å²) in [5.41, 5.74) is 12.4. The van der Waals surface area contributed by atoms with E-state index in [-0.39, 0.29) is 6.17 Å². The topological polar surface area (TPSA) is 69.8 Å². The number of hydrogen-bond acceptors (Lipinski definition) is 5. The summed E-state index contributed by atoms with van der Waals surface area (Å²) in [5.74, 6) is 3.19. The molecule has 1 spiro atoms. The van der Waals surface area contributed by atoms with E-state index in [4.69, 9.17) is 14.7 Å². The van der Waals surface area contributed by atoms with Crippen LogP contribution in [0.15, 0.2) is 180 Å². The molecule has 0 fully saturated rings. The number of amidine groups is 2. The highest BCUT2D eigenvalue weighted by atomic mass is 16.5. The molecule has 0 saturated heterocycles. The Morgan fingerprint density at radius 1 is 0.538 bits per heavy atom. The molecule has 1 aliphatic carbocycles. The van der Waals surface area contributed by atoms with E-state index < -0.39 is 5.41 Å². The van der Waals surface area contributed by atoms with Gasteiger partial charge in [-0.1, -0.05) is 140 Å². The zero-order valence-electron chi connectivity index (χ0n) is 28.0. The summed E-state index contributed by atoms with van der Waals surface area (Å²) in [5, 5.41) is 12.9. The van der Waals surface area contributed by atoms with Crippen LogP contribution >= 0.6 is 0 Å². The molecule has 52 heavy (non-hydrogen) atoms. The Balaban J connectivity index is 1.11. The molecule has 7 aromatic rings. The van der Waals surface area contributed by atoms with Crippen molar-refractivity contribution in [2.75, 3.05) is 0 Å². The van der Waals surface area contributed by atoms with E-state index in [0.717, 1.165) is 56.3 Å². The van der Waals surface area contributed by atoms with Crippen LogP contribution in [0.4, 0.5) is 0 Å². The lowest BCUT2D eigenvalue weighted by Gasteiger charge is -2.39. The van der Waals surface area contributed by atoms with Crippen molar-refractivity contribution in [2.24, 2.45) is 9.98 Å². The van der Waals surface area contributed by atoms with Gasteiger partial charge in [0, 0.05) is 22.3 Å². The SMILES string of the molecule is N#Cc1ccc(-c2ccc(C3=NC(c4ccccc4)NC(c4ccc5c(c4)-c4ccccc4C54c5ccccc5Oc5ccccc54)=N3)cc2)cc1. The van der Waals surface area contributed by atoms with Gasteiger partial charge >= 0.3 is 0 Å². The largest absolute Gasteiger partial charge is 0.457 e. The summed E-state index contributed by atoms with van der Waals surface area (Å²) in [7, 11) is 0. The third-order valence-corrected chi connectivity index (χ3v) is 10.5. The molecule has 2 aliphatic heterocycles. The number of benzene rings is 7. The van der Waals surface area contributed by atoms with Crippen molar-refractivity contribution in [3.05, 3.63) is 214 Å². The molecule has 7 aromatic carbocycles. The minimum Gasteiger partial charge on any atom is -0.457 e. The summed E-state index contributed by atoms with van der Waals surface area (Å²) >= 11 is 0. The van der Waals surface area contributed by atoms with Gasteiger partial charge < -0.3 is 10.1 Å². The number of rotatable bonds is 4. The molecule has 244 valence electrons. The Labute approximate surface area is 301 Å². The molecule has 1 N–H and O–H groups in total. The van der Waals surface area contributed by atoms with E-state index in [1.165, 1.54) is 22.3 Å². The second-order valence-corrected chi connectivity index (χ2v) is 13.3. The highest BCUT2D eigenvalue weighted by Crippen LogP contribution is 2.62. The van der Waals surface area contributed by atoms with E-state index in [9.17, 15) is 5.26 Å². The molecule has 0 aromatic heterocycles. The quantitative estimate of drug-likeness (QED) is 0.203. The van der Waals surface area contributed by atoms with Crippen LogP contribution in [0.5, 0.6) is 11.5 Å². The van der Waals surface area contributed by atoms with Crippen molar-refractivity contribution in [2.45, 2.75) is 11.6 Å². The van der Waals surface area contributed by atoms with E-state index in [1.54, 1.807) is 0 Å². The number of fused-ring (bicyclic) bond motifs is 9. The van der Waals surface area contributed by atoms with Gasteiger partial charge in [-0.25, -0.2) is 9.98 Å². The maximum atomic E-state index is 9.22. The van der Waals surface area contributed by atoms with Crippen LogP contribution in [0, 0.1) is 11.3 Å². The maximum absolute atomic E-state index is 9.22. The molecule has 10 rings (SSSR count). The van der Waals surface area contributed by atoms with Gasteiger partial charge in [-0.15, -0.1) is 0 Å². The number of ether oxygens (including phenoxy) is 1. The number of nitrogens with zero attached hydrogens (tertiary/aromatic N) is 3. The first-order chi connectivity index (χ1) is 25.7. The average molecular weight is 667 g/mol. The second kappa shape index (κ2) is 11.8. The van der Waals surface area contributed by atoms with Gasteiger partial charge in [0.25, 0.3) is 0 Å². The number of nitriles is 1. The molecular formula is C47H30N4O. The summed E-state index contributed by atoms with van der Waals surface area (Å²) < 4.78 is 6.51. The van der Waals surface area contributed by atoms with Gasteiger partial charge in [0.1, 0.15) is 23.5 Å². The molecule has 0 amide bonds. The van der Waals surface area contributed by atoms with Crippen LogP contribution in [0.2, 0.25) is 0 Å². The average Bonchev–Trinajstić information content (AvgIpc) is 3.51. The minimum absolute atomic E-state index is 0.317. The number of nitrogens with one attached hydrogen (secondary N) is 1. The van der Waals surface area contributed by atoms with Crippen molar-refractivity contribution in [3.63, 3.8) is 0 Å². The van der Waals surface area contributed by atoms with Crippen molar-refractivity contribution in [3.8, 4) is 39.8 Å². The predicted molar refractivity (Wildman–Crippen MR) is 206 cm³/mol. The lowest BCUT2D eigenvalue weighted by molar-refractivity contribution is 0.436. The van der Waals surface area contributed by atoms with Crippen LogP contribution < -0.4 is 10.1 Å². The van der Waals surface area contributed by atoms with E-state index >= 15 is 0 Å². The van der Waals surface area contributed by atoms with Gasteiger partial charge in [-0.05, 0) is 69.3 Å². The Kier molecular flexibility index (Phi) is 6.77. The fourth-order valence-corrected chi connectivity index (χ4v) is 8.09. The van der Waals surface area contributed by atoms with Crippen LogP contribution in [0.3, 0.4) is 0 Å². The smallest absolute Gasteiger partial charge is 0.159 e. The van der Waals surface area contributed by atoms with Gasteiger partial charge in [0.15, 0.2) is 5.84 Å². The van der Waals surface area contributed by atoms with E-state index in [1.807, 2.05) is 54.6 Å². The summed E-state index contributed by atoms with van der Waals surface area (Å²) in [6.45, 7) is 0. The molecule has 3 aliphatic rings. The maximum Gasteiger partial charge on any atom is 0.159 e. The zero-order chi connectivity index (χ0) is 34.6. The fourth-order valence-electron chi connectivity index (χ4n) is 8.09. The third-order valence-electron chi connectivity index (χ3n) is 10.5. The highest BCUT2D eigenvalue weighted by molar-refractivity contribution is 6.13. The molecule has 0 saturated carbocycles. The lowest BCUT2D eigenvalue weighted by Crippen LogP contribution is -2.34. The number of aliphatic imine (C=N–C) groups is 2. The fraction of sp³-hybridized carbons (Fsp3) is 0.0426. The number of para-hydroxylation sites is 2. The molecule has 1 unspecified atom stereocenters. The van der Waals surface area contributed by atoms with Gasteiger partial charge in [-0.3, -0.25) is 0 Å². The molecule has 0 bridgehead atoms. The molecule has 5 heteroatoms. The van der Waals surface area contributed by atoms with E-state index in [0.29, 0.717) is 11.4 Å². The van der Waals surface area contributed by atoms with Crippen molar-refractivity contribution in [1.82, 2.24) is 5.32 Å². The van der Waals surface area contributed by atoms with Crippen molar-refractivity contribution >= 4 is 11.7 Å². The molecule has 0 radical (unpaired) electrons.